The van der Waals surface area contributed by atoms with E-state index in [4.69, 9.17) is 11.6 Å². The minimum atomic E-state index is -3.53. The van der Waals surface area contributed by atoms with Crippen LogP contribution in [0.2, 0.25) is 5.02 Å². The van der Waals surface area contributed by atoms with Crippen LogP contribution in [-0.4, -0.2) is 37.8 Å². The van der Waals surface area contributed by atoms with Gasteiger partial charge in [-0.25, -0.2) is 8.42 Å². The predicted octanol–water partition coefficient (Wildman–Crippen LogP) is 3.23. The summed E-state index contributed by atoms with van der Waals surface area (Å²) < 4.78 is 26.8. The highest BCUT2D eigenvalue weighted by Crippen LogP contribution is 2.22. The fourth-order valence-electron chi connectivity index (χ4n) is 3.05. The van der Waals surface area contributed by atoms with Crippen LogP contribution < -0.4 is 5.32 Å². The van der Waals surface area contributed by atoms with Gasteiger partial charge in [0.1, 0.15) is 0 Å². The van der Waals surface area contributed by atoms with Crippen LogP contribution in [0.1, 0.15) is 28.8 Å². The van der Waals surface area contributed by atoms with Crippen LogP contribution in [0.25, 0.3) is 0 Å². The van der Waals surface area contributed by atoms with Gasteiger partial charge in [-0.3, -0.25) is 4.79 Å². The first-order valence-corrected chi connectivity index (χ1v) is 10.3. The molecule has 0 saturated carbocycles. The third kappa shape index (κ3) is 4.26. The van der Waals surface area contributed by atoms with Crippen LogP contribution in [0.3, 0.4) is 0 Å². The minimum absolute atomic E-state index is 0.0281. The number of nitrogens with zero attached hydrogens (tertiary/aromatic N) is 1. The largest absolute Gasteiger partial charge is 0.349 e. The first kappa shape index (κ1) is 18.9. The lowest BCUT2D eigenvalue weighted by Gasteiger charge is -2.31. The molecule has 1 heterocycles. The van der Waals surface area contributed by atoms with Crippen LogP contribution in [0.4, 0.5) is 0 Å². The number of rotatable bonds is 4. The van der Waals surface area contributed by atoms with E-state index < -0.39 is 10.0 Å². The summed E-state index contributed by atoms with van der Waals surface area (Å²) in [5.74, 6) is -0.118. The van der Waals surface area contributed by atoms with Crippen molar-refractivity contribution in [2.45, 2.75) is 30.7 Å². The molecule has 0 atom stereocenters. The van der Waals surface area contributed by atoms with Crippen molar-refractivity contribution in [2.24, 2.45) is 0 Å². The number of carbonyl (C=O) groups excluding carboxylic acids is 1. The molecule has 2 aromatic rings. The molecule has 1 amide bonds. The Hall–Kier alpha value is -1.89. The molecule has 0 bridgehead atoms. The normalized spacial score (nSPS) is 16.4. The number of benzene rings is 2. The van der Waals surface area contributed by atoms with E-state index >= 15 is 0 Å². The van der Waals surface area contributed by atoms with Gasteiger partial charge in [0.25, 0.3) is 5.91 Å². The number of halogens is 1. The maximum absolute atomic E-state index is 12.7. The molecule has 0 spiro atoms. The maximum atomic E-state index is 12.7. The van der Waals surface area contributed by atoms with E-state index in [0.717, 1.165) is 5.56 Å². The second-order valence-corrected chi connectivity index (χ2v) is 8.85. The number of aryl methyl sites for hydroxylation is 1. The van der Waals surface area contributed by atoms with Gasteiger partial charge in [0.2, 0.25) is 10.0 Å². The van der Waals surface area contributed by atoms with Crippen LogP contribution in [0.5, 0.6) is 0 Å². The molecule has 7 heteroatoms. The number of piperidine rings is 1. The molecule has 3 rings (SSSR count). The third-order valence-corrected chi connectivity index (χ3v) is 6.69. The average Bonchev–Trinajstić information content (AvgIpc) is 2.62. The van der Waals surface area contributed by atoms with Crippen LogP contribution >= 0.6 is 11.6 Å². The van der Waals surface area contributed by atoms with Gasteiger partial charge < -0.3 is 5.32 Å². The first-order valence-electron chi connectivity index (χ1n) is 8.49. The molecule has 1 aliphatic heterocycles. The van der Waals surface area contributed by atoms with Crippen LogP contribution in [0, 0.1) is 6.92 Å². The van der Waals surface area contributed by atoms with Crippen molar-refractivity contribution >= 4 is 27.5 Å². The van der Waals surface area contributed by atoms with Gasteiger partial charge in [-0.2, -0.15) is 4.31 Å². The highest BCUT2D eigenvalue weighted by molar-refractivity contribution is 7.89. The molecular formula is C19H21ClN2O3S. The van der Waals surface area contributed by atoms with E-state index in [1.807, 2.05) is 25.1 Å². The summed E-state index contributed by atoms with van der Waals surface area (Å²) in [4.78, 5) is 12.6. The van der Waals surface area contributed by atoms with Crippen molar-refractivity contribution < 1.29 is 13.2 Å². The van der Waals surface area contributed by atoms with Crippen molar-refractivity contribution in [2.75, 3.05) is 13.1 Å². The lowest BCUT2D eigenvalue weighted by atomic mass is 10.1. The fraction of sp³-hybridized carbons (Fsp3) is 0.316. The molecule has 138 valence electrons. The zero-order valence-corrected chi connectivity index (χ0v) is 16.1. The topological polar surface area (TPSA) is 66.5 Å². The number of hydrogen-bond acceptors (Lipinski definition) is 3. The predicted molar refractivity (Wildman–Crippen MR) is 102 cm³/mol. The molecule has 1 saturated heterocycles. The Kier molecular flexibility index (Phi) is 5.65. The van der Waals surface area contributed by atoms with E-state index in [0.29, 0.717) is 36.5 Å². The molecule has 0 aromatic heterocycles. The summed E-state index contributed by atoms with van der Waals surface area (Å²) in [6.07, 6.45) is 1.18. The molecule has 1 N–H and O–H groups in total. The SMILES string of the molecule is Cc1cccc(C(=O)NC2CCN(S(=O)(=O)c3ccc(Cl)cc3)CC2)c1. The average molecular weight is 393 g/mol. The molecular weight excluding hydrogens is 372 g/mol. The van der Waals surface area contributed by atoms with Crippen LogP contribution in [0.15, 0.2) is 53.4 Å². The molecule has 26 heavy (non-hydrogen) atoms. The third-order valence-electron chi connectivity index (χ3n) is 4.52. The zero-order chi connectivity index (χ0) is 18.7. The Morgan fingerprint density at radius 3 is 2.38 bits per heavy atom. The number of nitrogens with one attached hydrogen (secondary N) is 1. The van der Waals surface area contributed by atoms with Gasteiger partial charge in [-0.15, -0.1) is 0 Å². The van der Waals surface area contributed by atoms with E-state index in [2.05, 4.69) is 5.32 Å². The molecule has 1 fully saturated rings. The van der Waals surface area contributed by atoms with Crippen molar-refractivity contribution in [3.05, 3.63) is 64.7 Å². The number of hydrogen-bond donors (Lipinski definition) is 1. The highest BCUT2D eigenvalue weighted by Gasteiger charge is 2.30. The van der Waals surface area contributed by atoms with Gasteiger partial charge in [0, 0.05) is 29.7 Å². The summed E-state index contributed by atoms with van der Waals surface area (Å²) in [5.41, 5.74) is 1.66. The first-order chi connectivity index (χ1) is 12.4. The van der Waals surface area contributed by atoms with Gasteiger partial charge in [-0.1, -0.05) is 29.3 Å². The number of amides is 1. The summed E-state index contributed by atoms with van der Waals surface area (Å²) in [6.45, 7) is 2.70. The summed E-state index contributed by atoms with van der Waals surface area (Å²) in [5, 5.41) is 3.51. The fourth-order valence-corrected chi connectivity index (χ4v) is 4.65. The van der Waals surface area contributed by atoms with Gasteiger partial charge in [0.05, 0.1) is 4.90 Å². The molecule has 0 radical (unpaired) electrons. The number of carbonyl (C=O) groups is 1. The lowest BCUT2D eigenvalue weighted by molar-refractivity contribution is 0.0923. The molecule has 0 unspecified atom stereocenters. The Morgan fingerprint density at radius 1 is 1.12 bits per heavy atom. The second kappa shape index (κ2) is 7.78. The Morgan fingerprint density at radius 2 is 1.77 bits per heavy atom. The summed E-state index contributed by atoms with van der Waals surface area (Å²) in [6, 6.07) is 13.6. The van der Waals surface area contributed by atoms with Gasteiger partial charge in [-0.05, 0) is 56.2 Å². The molecule has 0 aliphatic carbocycles. The van der Waals surface area contributed by atoms with Gasteiger partial charge in [0.15, 0.2) is 0 Å². The molecule has 2 aromatic carbocycles. The summed E-state index contributed by atoms with van der Waals surface area (Å²) in [7, 11) is -3.53. The Bertz CT molecular complexity index is 889. The maximum Gasteiger partial charge on any atom is 0.251 e. The van der Waals surface area contributed by atoms with E-state index in [9.17, 15) is 13.2 Å². The lowest BCUT2D eigenvalue weighted by Crippen LogP contribution is -2.46. The Labute approximate surface area is 159 Å². The Balaban J connectivity index is 1.60. The standard InChI is InChI=1S/C19H21ClN2O3S/c1-14-3-2-4-15(13-14)19(23)21-17-9-11-22(12-10-17)26(24,25)18-7-5-16(20)6-8-18/h2-8,13,17H,9-12H2,1H3,(H,21,23). The van der Waals surface area contributed by atoms with E-state index in [1.54, 1.807) is 18.2 Å². The van der Waals surface area contributed by atoms with Crippen molar-refractivity contribution in [3.63, 3.8) is 0 Å². The van der Waals surface area contributed by atoms with E-state index in [1.165, 1.54) is 16.4 Å². The monoisotopic (exact) mass is 392 g/mol. The summed E-state index contributed by atoms with van der Waals surface area (Å²) >= 11 is 5.83. The minimum Gasteiger partial charge on any atom is -0.349 e. The highest BCUT2D eigenvalue weighted by atomic mass is 35.5. The van der Waals surface area contributed by atoms with Gasteiger partial charge >= 0.3 is 0 Å². The zero-order valence-electron chi connectivity index (χ0n) is 14.5. The van der Waals surface area contributed by atoms with Crippen molar-refractivity contribution in [1.29, 1.82) is 0 Å². The van der Waals surface area contributed by atoms with Crippen molar-refractivity contribution in [3.8, 4) is 0 Å². The number of sulfonamides is 1. The van der Waals surface area contributed by atoms with Crippen LogP contribution in [-0.2, 0) is 10.0 Å². The quantitative estimate of drug-likeness (QED) is 0.868. The second-order valence-electron chi connectivity index (χ2n) is 6.48. The molecule has 1 aliphatic rings. The smallest absolute Gasteiger partial charge is 0.251 e. The van der Waals surface area contributed by atoms with E-state index in [-0.39, 0.29) is 16.8 Å². The van der Waals surface area contributed by atoms with Crippen molar-refractivity contribution in [1.82, 2.24) is 9.62 Å². The molecule has 5 nitrogen and oxygen atoms in total.